The number of fused-ring (bicyclic) bond motifs is 2. The maximum absolute atomic E-state index is 14.0. The number of carbonyl (C=O) groups is 4. The number of benzene rings is 2. The van der Waals surface area contributed by atoms with Crippen molar-refractivity contribution in [3.8, 4) is 0 Å². The van der Waals surface area contributed by atoms with Gasteiger partial charge in [0.2, 0.25) is 23.6 Å². The molecule has 0 aliphatic carbocycles. The first-order valence-corrected chi connectivity index (χ1v) is 14.7. The van der Waals surface area contributed by atoms with E-state index in [-0.39, 0.29) is 31.1 Å². The number of hydrogen-bond donors (Lipinski definition) is 4. The Bertz CT molecular complexity index is 1620. The highest BCUT2D eigenvalue weighted by molar-refractivity contribution is 5.98. The maximum atomic E-state index is 14.0. The summed E-state index contributed by atoms with van der Waals surface area (Å²) in [5.41, 5.74) is 3.40. The molecule has 2 saturated heterocycles. The lowest BCUT2D eigenvalue weighted by Gasteiger charge is -2.32. The van der Waals surface area contributed by atoms with E-state index in [0.29, 0.717) is 19.4 Å². The molecule has 2 aliphatic rings. The van der Waals surface area contributed by atoms with Crippen molar-refractivity contribution < 1.29 is 19.2 Å². The van der Waals surface area contributed by atoms with Gasteiger partial charge in [-0.25, -0.2) is 0 Å². The van der Waals surface area contributed by atoms with Gasteiger partial charge in [-0.3, -0.25) is 24.2 Å². The number of para-hydroxylation sites is 1. The highest BCUT2D eigenvalue weighted by Gasteiger charge is 2.40. The molecule has 4 amide bonds. The van der Waals surface area contributed by atoms with Crippen molar-refractivity contribution in [2.75, 3.05) is 6.54 Å². The van der Waals surface area contributed by atoms with Crippen LogP contribution in [0.4, 0.5) is 0 Å². The van der Waals surface area contributed by atoms with Crippen LogP contribution in [0.3, 0.4) is 0 Å². The van der Waals surface area contributed by atoms with E-state index in [0.717, 1.165) is 27.6 Å². The summed E-state index contributed by atoms with van der Waals surface area (Å²) < 4.78 is 0. The average Bonchev–Trinajstić information content (AvgIpc) is 3.68. The first kappa shape index (κ1) is 28.1. The third-order valence-corrected chi connectivity index (χ3v) is 8.26. The Morgan fingerprint density at radius 2 is 1.40 bits per heavy atom. The Hall–Kier alpha value is -4.99. The number of nitrogens with zero attached hydrogens (tertiary/aromatic N) is 2. The molecule has 43 heavy (non-hydrogen) atoms. The molecule has 4 aromatic rings. The van der Waals surface area contributed by atoms with Crippen LogP contribution in [0.2, 0.25) is 0 Å². The van der Waals surface area contributed by atoms with E-state index in [1.807, 2.05) is 66.9 Å². The molecule has 2 aliphatic heterocycles. The summed E-state index contributed by atoms with van der Waals surface area (Å²) in [6, 6.07) is 17.2. The molecular formula is C33H34N6O4. The number of pyridine rings is 1. The Labute approximate surface area is 249 Å². The predicted octanol–water partition coefficient (Wildman–Crippen LogP) is 2.05. The van der Waals surface area contributed by atoms with Crippen LogP contribution < -0.4 is 16.0 Å². The summed E-state index contributed by atoms with van der Waals surface area (Å²) in [4.78, 5) is 64.4. The quantitative estimate of drug-likeness (QED) is 0.278. The Morgan fingerprint density at radius 3 is 2.19 bits per heavy atom. The van der Waals surface area contributed by atoms with E-state index >= 15 is 0 Å². The van der Waals surface area contributed by atoms with E-state index in [9.17, 15) is 19.2 Å². The van der Waals surface area contributed by atoms with Crippen molar-refractivity contribution in [1.82, 2.24) is 30.8 Å². The van der Waals surface area contributed by atoms with Crippen molar-refractivity contribution in [3.63, 3.8) is 0 Å². The largest absolute Gasteiger partial charge is 0.361 e. The van der Waals surface area contributed by atoms with Crippen LogP contribution in [0.25, 0.3) is 10.9 Å². The molecule has 4 atom stereocenters. The summed E-state index contributed by atoms with van der Waals surface area (Å²) in [5.74, 6) is -1.63. The number of hydrogen-bond acceptors (Lipinski definition) is 5. The van der Waals surface area contributed by atoms with Gasteiger partial charge in [-0.2, -0.15) is 0 Å². The fourth-order valence-electron chi connectivity index (χ4n) is 6.06. The van der Waals surface area contributed by atoms with E-state index < -0.39 is 36.0 Å². The SMILES string of the molecule is O=C1N[C@H](Cc2c[nH]c3ccccc23)C(=O)N[C@@H](Cc2cccnc2)C(=O)N2CCC[C@@H]2C(=O)N[C@H]1Cc1ccccc1. The standard InChI is InChI=1S/C33H34N6O4/c40-30-26(16-21-8-2-1-3-9-21)37-32(42)29-13-7-15-39(29)33(43)28(17-22-10-6-14-34-19-22)38-31(41)27(36-30)18-23-20-35-25-12-5-4-11-24(23)25/h1-6,8-12,14,19-20,26-29,35H,7,13,15-18H2,(H,36,40)(H,37,42)(H,38,41)/t26-,27+,28-,29+/m0/s1. The second-order valence-corrected chi connectivity index (χ2v) is 11.2. The predicted molar refractivity (Wildman–Crippen MR) is 161 cm³/mol. The Balaban J connectivity index is 1.36. The maximum Gasteiger partial charge on any atom is 0.246 e. The molecule has 10 nitrogen and oxygen atoms in total. The number of rotatable bonds is 6. The zero-order chi connectivity index (χ0) is 29.8. The zero-order valence-corrected chi connectivity index (χ0v) is 23.7. The minimum absolute atomic E-state index is 0.188. The second-order valence-electron chi connectivity index (χ2n) is 11.2. The lowest BCUT2D eigenvalue weighted by atomic mass is 10.00. The van der Waals surface area contributed by atoms with E-state index in [4.69, 9.17) is 0 Å². The lowest BCUT2D eigenvalue weighted by Crippen LogP contribution is -2.62. The van der Waals surface area contributed by atoms with Gasteiger partial charge in [-0.05, 0) is 41.7 Å². The van der Waals surface area contributed by atoms with Crippen LogP contribution in [-0.4, -0.2) is 69.2 Å². The first-order valence-electron chi connectivity index (χ1n) is 14.7. The third kappa shape index (κ3) is 6.28. The van der Waals surface area contributed by atoms with Crippen molar-refractivity contribution in [1.29, 1.82) is 0 Å². The van der Waals surface area contributed by atoms with Crippen molar-refractivity contribution in [3.05, 3.63) is 102 Å². The van der Waals surface area contributed by atoms with Crippen LogP contribution >= 0.6 is 0 Å². The van der Waals surface area contributed by atoms with Gasteiger partial charge in [0.1, 0.15) is 24.2 Å². The summed E-state index contributed by atoms with van der Waals surface area (Å²) in [6.07, 6.45) is 6.89. The molecule has 0 radical (unpaired) electrons. The molecular weight excluding hydrogens is 544 g/mol. The highest BCUT2D eigenvalue weighted by atomic mass is 16.2. The Morgan fingerprint density at radius 1 is 0.721 bits per heavy atom. The van der Waals surface area contributed by atoms with E-state index in [1.54, 1.807) is 23.4 Å². The minimum Gasteiger partial charge on any atom is -0.361 e. The molecule has 2 aromatic carbocycles. The molecule has 10 heteroatoms. The van der Waals surface area contributed by atoms with Gasteiger partial charge in [0.05, 0.1) is 0 Å². The molecule has 0 saturated carbocycles. The third-order valence-electron chi connectivity index (χ3n) is 8.26. The number of H-pyrrole nitrogens is 1. The van der Waals surface area contributed by atoms with Gasteiger partial charge in [-0.1, -0.05) is 54.6 Å². The number of carbonyl (C=O) groups excluding carboxylic acids is 4. The molecule has 0 bridgehead atoms. The summed E-state index contributed by atoms with van der Waals surface area (Å²) >= 11 is 0. The number of amides is 4. The van der Waals surface area contributed by atoms with Crippen LogP contribution in [0.15, 0.2) is 85.3 Å². The highest BCUT2D eigenvalue weighted by Crippen LogP contribution is 2.22. The van der Waals surface area contributed by atoms with Crippen LogP contribution in [0, 0.1) is 0 Å². The van der Waals surface area contributed by atoms with Gasteiger partial charge in [0.25, 0.3) is 0 Å². The summed E-state index contributed by atoms with van der Waals surface area (Å²) in [5, 5.41) is 9.72. The van der Waals surface area contributed by atoms with Gasteiger partial charge in [0.15, 0.2) is 0 Å². The van der Waals surface area contributed by atoms with Crippen molar-refractivity contribution in [2.24, 2.45) is 0 Å². The fourth-order valence-corrected chi connectivity index (χ4v) is 6.06. The molecule has 2 aromatic heterocycles. The van der Waals surface area contributed by atoms with Crippen molar-refractivity contribution >= 4 is 34.5 Å². The van der Waals surface area contributed by atoms with E-state index in [2.05, 4.69) is 25.9 Å². The second kappa shape index (κ2) is 12.5. The fraction of sp³-hybridized carbons (Fsp3) is 0.303. The first-order chi connectivity index (χ1) is 21.0. The van der Waals surface area contributed by atoms with Gasteiger partial charge >= 0.3 is 0 Å². The lowest BCUT2D eigenvalue weighted by molar-refractivity contribution is -0.143. The molecule has 4 heterocycles. The van der Waals surface area contributed by atoms with E-state index in [1.165, 1.54) is 0 Å². The average molecular weight is 579 g/mol. The summed E-state index contributed by atoms with van der Waals surface area (Å²) in [6.45, 7) is 0.393. The van der Waals surface area contributed by atoms with Crippen LogP contribution in [0.5, 0.6) is 0 Å². The molecule has 4 N–H and O–H groups in total. The topological polar surface area (TPSA) is 136 Å². The molecule has 0 spiro atoms. The number of nitrogens with one attached hydrogen (secondary N) is 4. The van der Waals surface area contributed by atoms with Gasteiger partial charge in [0, 0.05) is 55.3 Å². The molecule has 220 valence electrons. The monoisotopic (exact) mass is 578 g/mol. The van der Waals surface area contributed by atoms with Gasteiger partial charge < -0.3 is 25.8 Å². The molecule has 2 fully saturated rings. The number of aromatic amines is 1. The normalized spacial score (nSPS) is 23.1. The minimum atomic E-state index is -1.00. The molecule has 0 unspecified atom stereocenters. The van der Waals surface area contributed by atoms with Crippen LogP contribution in [-0.2, 0) is 38.4 Å². The molecule has 6 rings (SSSR count). The van der Waals surface area contributed by atoms with Gasteiger partial charge in [-0.15, -0.1) is 0 Å². The smallest absolute Gasteiger partial charge is 0.246 e. The Kier molecular flexibility index (Phi) is 8.17. The zero-order valence-electron chi connectivity index (χ0n) is 23.7. The van der Waals surface area contributed by atoms with Crippen molar-refractivity contribution in [2.45, 2.75) is 56.3 Å². The van der Waals surface area contributed by atoms with Crippen LogP contribution in [0.1, 0.15) is 29.5 Å². The number of aromatic nitrogens is 2. The summed E-state index contributed by atoms with van der Waals surface area (Å²) in [7, 11) is 0.